The molecule has 0 saturated heterocycles. The minimum Gasteiger partial charge on any atom is -0.395 e. The minimum absolute atomic E-state index is 0.0184. The molecule has 0 heterocycles. The first-order valence-corrected chi connectivity index (χ1v) is 4.11. The van der Waals surface area contributed by atoms with Crippen molar-refractivity contribution in [2.45, 2.75) is 26.7 Å². The third-order valence-corrected chi connectivity index (χ3v) is 1.58. The summed E-state index contributed by atoms with van der Waals surface area (Å²) < 4.78 is 0. The molecule has 0 spiro atoms. The maximum absolute atomic E-state index is 11.1. The highest BCUT2D eigenvalue weighted by Crippen LogP contribution is 2.03. The van der Waals surface area contributed by atoms with Crippen LogP contribution in [0.15, 0.2) is 0 Å². The average Bonchev–Trinajstić information content (AvgIpc) is 2.00. The molecule has 11 heavy (non-hydrogen) atoms. The van der Waals surface area contributed by atoms with Gasteiger partial charge in [-0.2, -0.15) is 0 Å². The Hall–Kier alpha value is -0.570. The van der Waals surface area contributed by atoms with E-state index in [1.165, 1.54) is 0 Å². The third-order valence-electron chi connectivity index (χ3n) is 1.58. The van der Waals surface area contributed by atoms with Gasteiger partial charge in [0.05, 0.1) is 6.61 Å². The van der Waals surface area contributed by atoms with Crippen LogP contribution >= 0.6 is 0 Å². The highest BCUT2D eigenvalue weighted by molar-refractivity contribution is 5.78. The molecule has 3 heteroatoms. The Balaban J connectivity index is 3.47. The van der Waals surface area contributed by atoms with Crippen molar-refractivity contribution in [3.8, 4) is 0 Å². The molecule has 0 fully saturated rings. The van der Waals surface area contributed by atoms with Gasteiger partial charge in [0.2, 0.25) is 5.91 Å². The lowest BCUT2D eigenvalue weighted by Gasteiger charge is -2.09. The summed E-state index contributed by atoms with van der Waals surface area (Å²) in [5.74, 6) is 0.118. The van der Waals surface area contributed by atoms with E-state index in [4.69, 9.17) is 5.11 Å². The van der Waals surface area contributed by atoms with Crippen LogP contribution in [0.5, 0.6) is 0 Å². The molecular formula is C8H17NO2. The summed E-state index contributed by atoms with van der Waals surface area (Å²) in [5, 5.41) is 11.0. The molecule has 0 rings (SSSR count). The van der Waals surface area contributed by atoms with E-state index in [2.05, 4.69) is 12.2 Å². The largest absolute Gasteiger partial charge is 0.395 e. The van der Waals surface area contributed by atoms with E-state index in [1.54, 1.807) is 0 Å². The molecule has 0 saturated carbocycles. The Bertz CT molecular complexity index is 115. The number of rotatable bonds is 5. The molecule has 0 aliphatic rings. The maximum atomic E-state index is 11.1. The lowest BCUT2D eigenvalue weighted by Crippen LogP contribution is -2.31. The van der Waals surface area contributed by atoms with Gasteiger partial charge >= 0.3 is 0 Å². The highest BCUT2D eigenvalue weighted by atomic mass is 16.3. The molecule has 0 aromatic rings. The second kappa shape index (κ2) is 6.16. The van der Waals surface area contributed by atoms with Crippen LogP contribution in [0.25, 0.3) is 0 Å². The van der Waals surface area contributed by atoms with Crippen molar-refractivity contribution in [3.05, 3.63) is 0 Å². The molecule has 1 amide bonds. The van der Waals surface area contributed by atoms with E-state index >= 15 is 0 Å². The van der Waals surface area contributed by atoms with Gasteiger partial charge in [0.1, 0.15) is 0 Å². The van der Waals surface area contributed by atoms with E-state index in [1.807, 2.05) is 6.92 Å². The van der Waals surface area contributed by atoms with Crippen molar-refractivity contribution >= 4 is 5.91 Å². The number of aliphatic hydroxyl groups is 1. The second-order valence-corrected chi connectivity index (χ2v) is 2.70. The molecular weight excluding hydrogens is 142 g/mol. The van der Waals surface area contributed by atoms with Crippen LogP contribution < -0.4 is 5.32 Å². The summed E-state index contributed by atoms with van der Waals surface area (Å²) in [6, 6.07) is 0. The van der Waals surface area contributed by atoms with Crippen LogP contribution in [0.3, 0.4) is 0 Å². The predicted molar refractivity (Wildman–Crippen MR) is 44.2 cm³/mol. The van der Waals surface area contributed by atoms with Crippen LogP contribution in [-0.4, -0.2) is 24.2 Å². The van der Waals surface area contributed by atoms with Gasteiger partial charge in [0.15, 0.2) is 0 Å². The molecule has 0 aliphatic heterocycles. The highest BCUT2D eigenvalue weighted by Gasteiger charge is 2.09. The van der Waals surface area contributed by atoms with Gasteiger partial charge in [-0.15, -0.1) is 0 Å². The minimum atomic E-state index is 0.0184. The van der Waals surface area contributed by atoms with E-state index < -0.39 is 0 Å². The van der Waals surface area contributed by atoms with Crippen LogP contribution in [0.1, 0.15) is 26.7 Å². The van der Waals surface area contributed by atoms with Crippen LogP contribution in [0, 0.1) is 5.92 Å². The first kappa shape index (κ1) is 10.4. The zero-order valence-electron chi connectivity index (χ0n) is 7.26. The number of carbonyl (C=O) groups excluding carboxylic acids is 1. The van der Waals surface area contributed by atoms with Crippen molar-refractivity contribution in [2.75, 3.05) is 13.2 Å². The third kappa shape index (κ3) is 4.79. The summed E-state index contributed by atoms with van der Waals surface area (Å²) in [7, 11) is 0. The summed E-state index contributed by atoms with van der Waals surface area (Å²) in [6.45, 7) is 4.34. The first-order chi connectivity index (χ1) is 5.22. The average molecular weight is 159 g/mol. The molecule has 0 aliphatic carbocycles. The summed E-state index contributed by atoms with van der Waals surface area (Å²) in [4.78, 5) is 11.1. The summed E-state index contributed by atoms with van der Waals surface area (Å²) >= 11 is 0. The molecule has 1 atom stereocenters. The number of amides is 1. The van der Waals surface area contributed by atoms with Crippen molar-refractivity contribution < 1.29 is 9.90 Å². The summed E-state index contributed by atoms with van der Waals surface area (Å²) in [6.07, 6.45) is 1.94. The van der Waals surface area contributed by atoms with E-state index in [0.717, 1.165) is 12.8 Å². The van der Waals surface area contributed by atoms with Crippen molar-refractivity contribution in [1.82, 2.24) is 5.32 Å². The standard InChI is InChI=1S/C8H17NO2/c1-3-4-7(2)8(11)9-5-6-10/h7,10H,3-6H2,1-2H3,(H,9,11)/t7-/m1/s1. The molecule has 0 aromatic heterocycles. The smallest absolute Gasteiger partial charge is 0.222 e. The monoisotopic (exact) mass is 159 g/mol. The Morgan fingerprint density at radius 3 is 2.73 bits per heavy atom. The number of nitrogens with one attached hydrogen (secondary N) is 1. The van der Waals surface area contributed by atoms with E-state index in [-0.39, 0.29) is 18.4 Å². The lowest BCUT2D eigenvalue weighted by molar-refractivity contribution is -0.124. The van der Waals surface area contributed by atoms with Gasteiger partial charge in [-0.05, 0) is 6.42 Å². The van der Waals surface area contributed by atoms with Gasteiger partial charge in [0.25, 0.3) is 0 Å². The van der Waals surface area contributed by atoms with Crippen LogP contribution in [-0.2, 0) is 4.79 Å². The number of carbonyl (C=O) groups is 1. The van der Waals surface area contributed by atoms with Crippen molar-refractivity contribution in [3.63, 3.8) is 0 Å². The van der Waals surface area contributed by atoms with Gasteiger partial charge in [-0.3, -0.25) is 4.79 Å². The SMILES string of the molecule is CCC[C@@H](C)C(=O)NCCO. The maximum Gasteiger partial charge on any atom is 0.222 e. The number of hydrogen-bond donors (Lipinski definition) is 2. The lowest BCUT2D eigenvalue weighted by atomic mass is 10.1. The second-order valence-electron chi connectivity index (χ2n) is 2.70. The topological polar surface area (TPSA) is 49.3 Å². The quantitative estimate of drug-likeness (QED) is 0.614. The Morgan fingerprint density at radius 1 is 1.64 bits per heavy atom. The Morgan fingerprint density at radius 2 is 2.27 bits per heavy atom. The normalized spacial score (nSPS) is 12.6. The fourth-order valence-corrected chi connectivity index (χ4v) is 0.917. The fraction of sp³-hybridized carbons (Fsp3) is 0.875. The molecule has 0 radical (unpaired) electrons. The molecule has 2 N–H and O–H groups in total. The van der Waals surface area contributed by atoms with E-state index in [0.29, 0.717) is 6.54 Å². The van der Waals surface area contributed by atoms with Crippen LogP contribution in [0.2, 0.25) is 0 Å². The van der Waals surface area contributed by atoms with Gasteiger partial charge in [-0.25, -0.2) is 0 Å². The number of hydrogen-bond acceptors (Lipinski definition) is 2. The molecule has 66 valence electrons. The number of aliphatic hydroxyl groups excluding tert-OH is 1. The van der Waals surface area contributed by atoms with Crippen LogP contribution in [0.4, 0.5) is 0 Å². The Kier molecular flexibility index (Phi) is 5.84. The zero-order valence-corrected chi connectivity index (χ0v) is 7.26. The molecule has 3 nitrogen and oxygen atoms in total. The van der Waals surface area contributed by atoms with Gasteiger partial charge < -0.3 is 10.4 Å². The van der Waals surface area contributed by atoms with E-state index in [9.17, 15) is 4.79 Å². The zero-order chi connectivity index (χ0) is 8.69. The predicted octanol–water partition coefficient (Wildman–Crippen LogP) is 0.531. The first-order valence-electron chi connectivity index (χ1n) is 4.11. The molecule has 0 bridgehead atoms. The molecule has 0 aromatic carbocycles. The van der Waals surface area contributed by atoms with Crippen molar-refractivity contribution in [2.24, 2.45) is 5.92 Å². The van der Waals surface area contributed by atoms with Gasteiger partial charge in [-0.1, -0.05) is 20.3 Å². The molecule has 0 unspecified atom stereocenters. The summed E-state index contributed by atoms with van der Waals surface area (Å²) in [5.41, 5.74) is 0. The van der Waals surface area contributed by atoms with Gasteiger partial charge in [0, 0.05) is 12.5 Å². The van der Waals surface area contributed by atoms with Crippen molar-refractivity contribution in [1.29, 1.82) is 0 Å². The Labute approximate surface area is 67.8 Å². The fourth-order valence-electron chi connectivity index (χ4n) is 0.917.